The summed E-state index contributed by atoms with van der Waals surface area (Å²) in [6.45, 7) is 0. The van der Waals surface area contributed by atoms with E-state index in [1.54, 1.807) is 0 Å². The lowest BCUT2D eigenvalue weighted by Crippen LogP contribution is -2.55. The monoisotopic (exact) mass is 216 g/mol. The van der Waals surface area contributed by atoms with Crippen molar-refractivity contribution in [2.45, 2.75) is 37.3 Å². The Labute approximate surface area is 94.7 Å². The van der Waals surface area contributed by atoms with E-state index in [1.165, 1.54) is 12.8 Å². The Hall–Kier alpha value is -0.0800. The molecule has 0 radical (unpaired) electrons. The molecule has 7 aliphatic rings. The average Bonchev–Trinajstić information content (AvgIpc) is 3.12. The minimum Gasteiger partial charge on any atom is -0.369 e. The highest BCUT2D eigenvalue weighted by Crippen LogP contribution is 2.80. The number of hydrogen-bond acceptors (Lipinski definition) is 2. The van der Waals surface area contributed by atoms with Gasteiger partial charge in [-0.25, -0.2) is 0 Å². The smallest absolute Gasteiger partial charge is 0.0875 e. The van der Waals surface area contributed by atoms with Crippen LogP contribution in [0.1, 0.15) is 12.8 Å². The Bertz CT molecular complexity index is 350. The van der Waals surface area contributed by atoms with Crippen LogP contribution in [0.25, 0.3) is 0 Å². The van der Waals surface area contributed by atoms with Crippen molar-refractivity contribution in [3.8, 4) is 0 Å². The van der Waals surface area contributed by atoms with Crippen LogP contribution in [-0.2, 0) is 9.47 Å². The highest BCUT2D eigenvalue weighted by molar-refractivity contribution is 5.29. The molecule has 2 nitrogen and oxygen atoms in total. The van der Waals surface area contributed by atoms with Crippen molar-refractivity contribution in [3.63, 3.8) is 0 Å². The first-order chi connectivity index (χ1) is 7.93. The predicted molar refractivity (Wildman–Crippen MR) is 54.5 cm³/mol. The fraction of sp³-hybridized carbons (Fsp3) is 1.00. The second-order valence-corrected chi connectivity index (χ2v) is 7.57. The lowest BCUT2D eigenvalue weighted by Gasteiger charge is -2.55. The summed E-state index contributed by atoms with van der Waals surface area (Å²) in [5, 5.41) is 0. The Balaban J connectivity index is 1.40. The summed E-state index contributed by atoms with van der Waals surface area (Å²) in [5.74, 6) is 8.27. The molecule has 0 amide bonds. The molecule has 2 heteroatoms. The van der Waals surface area contributed by atoms with E-state index in [0.29, 0.717) is 0 Å². The highest BCUT2D eigenvalue weighted by atomic mass is 16.6. The molecular weight excluding hydrogens is 200 g/mol. The Morgan fingerprint density at radius 3 is 1.12 bits per heavy atom. The van der Waals surface area contributed by atoms with Gasteiger partial charge in [0.15, 0.2) is 0 Å². The molecule has 0 aromatic heterocycles. The molecule has 4 bridgehead atoms. The van der Waals surface area contributed by atoms with Gasteiger partial charge in [-0.15, -0.1) is 0 Å². The van der Waals surface area contributed by atoms with E-state index in [0.717, 1.165) is 71.8 Å². The van der Waals surface area contributed by atoms with Gasteiger partial charge in [0.1, 0.15) is 0 Å². The number of fused-ring (bicyclic) bond motifs is 18. The van der Waals surface area contributed by atoms with Gasteiger partial charge in [-0.2, -0.15) is 0 Å². The van der Waals surface area contributed by atoms with Crippen LogP contribution in [0.4, 0.5) is 0 Å². The van der Waals surface area contributed by atoms with Gasteiger partial charge < -0.3 is 9.47 Å². The molecule has 0 spiro atoms. The molecule has 7 rings (SSSR count). The van der Waals surface area contributed by atoms with E-state index in [-0.39, 0.29) is 0 Å². The molecule has 84 valence electrons. The van der Waals surface area contributed by atoms with Crippen LogP contribution in [-0.4, -0.2) is 24.4 Å². The van der Waals surface area contributed by atoms with Gasteiger partial charge in [-0.05, 0) is 60.2 Å². The van der Waals surface area contributed by atoms with Crippen LogP contribution in [0.5, 0.6) is 0 Å². The molecule has 2 saturated heterocycles. The summed E-state index contributed by atoms with van der Waals surface area (Å²) in [4.78, 5) is 0. The van der Waals surface area contributed by atoms with Gasteiger partial charge in [0.25, 0.3) is 0 Å². The third kappa shape index (κ3) is 0.504. The van der Waals surface area contributed by atoms with E-state index in [2.05, 4.69) is 0 Å². The SMILES string of the molecule is C1[C@@H]2C3C(C4C3[C@@H]3C[C@@H]4[C@H]4O[C@@H]43)[C@@H]1[C@H]1O[C@@H]12. The topological polar surface area (TPSA) is 25.1 Å². The number of hydrogen-bond donors (Lipinski definition) is 0. The van der Waals surface area contributed by atoms with Gasteiger partial charge in [-0.1, -0.05) is 0 Å². The Morgan fingerprint density at radius 1 is 0.500 bits per heavy atom. The standard InChI is InChI=1S/C14H16O2/c1-3-7-8(4(1)12-11(3)15-12)10-6-2-5(9(7)10)13-14(6)16-13/h3-14H,1-2H2/t3-,4-,5+,6+,7?,8?,9?,10?,11-,12-,13-,14-/m1/s1. The predicted octanol–water partition coefficient (Wildman–Crippen LogP) is 1.30. The van der Waals surface area contributed by atoms with E-state index in [4.69, 9.17) is 9.47 Å². The van der Waals surface area contributed by atoms with Crippen molar-refractivity contribution < 1.29 is 9.47 Å². The zero-order chi connectivity index (χ0) is 9.76. The van der Waals surface area contributed by atoms with Crippen LogP contribution < -0.4 is 0 Å². The summed E-state index contributed by atoms with van der Waals surface area (Å²) >= 11 is 0. The first-order valence-electron chi connectivity index (χ1n) is 7.24. The molecule has 12 atom stereocenters. The summed E-state index contributed by atoms with van der Waals surface area (Å²) in [5.41, 5.74) is 0. The molecule has 2 aliphatic heterocycles. The summed E-state index contributed by atoms with van der Waals surface area (Å²) in [7, 11) is 0. The molecule has 7 fully saturated rings. The molecule has 2 heterocycles. The largest absolute Gasteiger partial charge is 0.369 e. The zero-order valence-corrected chi connectivity index (χ0v) is 9.16. The lowest BCUT2D eigenvalue weighted by molar-refractivity contribution is -0.0762. The third-order valence-electron chi connectivity index (χ3n) is 7.65. The van der Waals surface area contributed by atoms with Crippen molar-refractivity contribution in [2.24, 2.45) is 47.3 Å². The van der Waals surface area contributed by atoms with Gasteiger partial charge >= 0.3 is 0 Å². The third-order valence-corrected chi connectivity index (χ3v) is 7.65. The van der Waals surface area contributed by atoms with E-state index in [1.807, 2.05) is 0 Å². The molecule has 0 aromatic rings. The molecule has 4 unspecified atom stereocenters. The summed E-state index contributed by atoms with van der Waals surface area (Å²) in [6, 6.07) is 0. The minimum atomic E-state index is 0.724. The van der Waals surface area contributed by atoms with Crippen LogP contribution in [0.3, 0.4) is 0 Å². The van der Waals surface area contributed by atoms with Gasteiger partial charge in [0, 0.05) is 0 Å². The Morgan fingerprint density at radius 2 is 0.812 bits per heavy atom. The summed E-state index contributed by atoms with van der Waals surface area (Å²) < 4.78 is 11.8. The van der Waals surface area contributed by atoms with Crippen molar-refractivity contribution in [2.75, 3.05) is 0 Å². The van der Waals surface area contributed by atoms with Crippen LogP contribution >= 0.6 is 0 Å². The van der Waals surface area contributed by atoms with Gasteiger partial charge in [0.05, 0.1) is 24.4 Å². The minimum absolute atomic E-state index is 0.724. The first kappa shape index (κ1) is 7.38. The normalized spacial score (nSPS) is 87.0. The maximum atomic E-state index is 5.88. The molecule has 0 N–H and O–H groups in total. The first-order valence-corrected chi connectivity index (χ1v) is 7.24. The second-order valence-electron chi connectivity index (χ2n) is 7.57. The quantitative estimate of drug-likeness (QED) is 0.450. The highest BCUT2D eigenvalue weighted by Gasteiger charge is 2.82. The lowest BCUT2D eigenvalue weighted by atomic mass is 9.48. The van der Waals surface area contributed by atoms with Crippen LogP contribution in [0, 0.1) is 47.3 Å². The van der Waals surface area contributed by atoms with Crippen molar-refractivity contribution in [1.82, 2.24) is 0 Å². The number of ether oxygens (including phenoxy) is 2. The van der Waals surface area contributed by atoms with Crippen molar-refractivity contribution in [3.05, 3.63) is 0 Å². The van der Waals surface area contributed by atoms with Crippen molar-refractivity contribution in [1.29, 1.82) is 0 Å². The number of epoxide rings is 2. The van der Waals surface area contributed by atoms with E-state index >= 15 is 0 Å². The number of rotatable bonds is 0. The van der Waals surface area contributed by atoms with E-state index < -0.39 is 0 Å². The summed E-state index contributed by atoms with van der Waals surface area (Å²) in [6.07, 6.45) is 5.97. The molecule has 16 heavy (non-hydrogen) atoms. The fourth-order valence-corrected chi connectivity index (χ4v) is 7.48. The molecular formula is C14H16O2. The zero-order valence-electron chi connectivity index (χ0n) is 9.16. The molecule has 5 aliphatic carbocycles. The molecule has 0 aromatic carbocycles. The van der Waals surface area contributed by atoms with E-state index in [9.17, 15) is 0 Å². The van der Waals surface area contributed by atoms with Crippen LogP contribution in [0.15, 0.2) is 0 Å². The maximum absolute atomic E-state index is 5.88. The maximum Gasteiger partial charge on any atom is 0.0875 e. The fourth-order valence-electron chi connectivity index (χ4n) is 7.48. The van der Waals surface area contributed by atoms with Crippen LogP contribution in [0.2, 0.25) is 0 Å². The Kier molecular flexibility index (Phi) is 0.836. The average molecular weight is 216 g/mol. The van der Waals surface area contributed by atoms with Gasteiger partial charge in [0.2, 0.25) is 0 Å². The van der Waals surface area contributed by atoms with Crippen molar-refractivity contribution >= 4 is 0 Å². The second kappa shape index (κ2) is 1.81. The van der Waals surface area contributed by atoms with Gasteiger partial charge in [-0.3, -0.25) is 0 Å². The molecule has 5 saturated carbocycles.